The second kappa shape index (κ2) is 11.3. The molecule has 1 amide bonds. The second-order valence-corrected chi connectivity index (χ2v) is 11.3. The standard InChI is InChI=1S/C35H35FN4O2/c1-21-15-25(23-7-9-32(22(2)17-23)40-13-11-28(37)12-14-40)18-26(16-21)35(42)39-34(29-20-27(36)8-10-33(29)41)31-19-24-5-3-4-6-30(24)38-31/h3-10,15-20,28,34,38,41H,11-14,37H2,1-2H3,(H,39,42)/t34-/m1/s1. The summed E-state index contributed by atoms with van der Waals surface area (Å²) in [7, 11) is 0. The molecule has 0 bridgehead atoms. The quantitative estimate of drug-likeness (QED) is 0.184. The number of fused-ring (bicyclic) bond motifs is 1. The van der Waals surface area contributed by atoms with Gasteiger partial charge in [0.05, 0.1) is 6.04 Å². The average Bonchev–Trinajstić information content (AvgIpc) is 3.41. The summed E-state index contributed by atoms with van der Waals surface area (Å²) in [4.78, 5) is 19.5. The van der Waals surface area contributed by atoms with Crippen LogP contribution in [0.15, 0.2) is 84.9 Å². The third kappa shape index (κ3) is 5.60. The molecule has 0 unspecified atom stereocenters. The molecule has 42 heavy (non-hydrogen) atoms. The van der Waals surface area contributed by atoms with Gasteiger partial charge in [-0.1, -0.05) is 30.3 Å². The lowest BCUT2D eigenvalue weighted by Gasteiger charge is -2.33. The van der Waals surface area contributed by atoms with Crippen molar-refractivity contribution in [1.82, 2.24) is 10.3 Å². The number of aryl methyl sites for hydroxylation is 2. The number of benzene rings is 4. The number of nitrogens with zero attached hydrogens (tertiary/aromatic N) is 1. The minimum absolute atomic E-state index is 0.100. The summed E-state index contributed by atoms with van der Waals surface area (Å²) < 4.78 is 14.3. The van der Waals surface area contributed by atoms with Crippen LogP contribution in [0.2, 0.25) is 0 Å². The van der Waals surface area contributed by atoms with E-state index >= 15 is 0 Å². The van der Waals surface area contributed by atoms with Gasteiger partial charge in [-0.15, -0.1) is 0 Å². The number of carbonyl (C=O) groups excluding carboxylic acids is 1. The van der Waals surface area contributed by atoms with E-state index in [9.17, 15) is 14.3 Å². The number of hydrogen-bond donors (Lipinski definition) is 4. The summed E-state index contributed by atoms with van der Waals surface area (Å²) in [6.07, 6.45) is 1.98. The van der Waals surface area contributed by atoms with Crippen LogP contribution in [-0.4, -0.2) is 35.1 Å². The zero-order valence-electron chi connectivity index (χ0n) is 23.8. The highest BCUT2D eigenvalue weighted by atomic mass is 19.1. The Hall–Kier alpha value is -4.62. The lowest BCUT2D eigenvalue weighted by molar-refractivity contribution is 0.0942. The Balaban J connectivity index is 1.32. The molecule has 0 spiro atoms. The van der Waals surface area contributed by atoms with Crippen LogP contribution < -0.4 is 16.0 Å². The molecule has 0 saturated carbocycles. The Kier molecular flexibility index (Phi) is 7.43. The van der Waals surface area contributed by atoms with Gasteiger partial charge in [-0.2, -0.15) is 0 Å². The number of H-pyrrole nitrogens is 1. The maximum atomic E-state index is 14.3. The molecule has 1 atom stereocenters. The first-order valence-electron chi connectivity index (χ1n) is 14.4. The number of carbonyl (C=O) groups is 1. The van der Waals surface area contributed by atoms with Crippen LogP contribution >= 0.6 is 0 Å². The molecule has 6 nitrogen and oxygen atoms in total. The number of aromatic amines is 1. The van der Waals surface area contributed by atoms with Gasteiger partial charge >= 0.3 is 0 Å². The number of aromatic nitrogens is 1. The Morgan fingerprint density at radius 1 is 0.976 bits per heavy atom. The van der Waals surface area contributed by atoms with E-state index < -0.39 is 11.9 Å². The highest BCUT2D eigenvalue weighted by molar-refractivity contribution is 5.96. The molecule has 1 aliphatic rings. The minimum Gasteiger partial charge on any atom is -0.508 e. The van der Waals surface area contributed by atoms with Gasteiger partial charge in [0, 0.05) is 47.2 Å². The molecule has 7 heteroatoms. The van der Waals surface area contributed by atoms with Crippen molar-refractivity contribution in [2.45, 2.75) is 38.8 Å². The fourth-order valence-corrected chi connectivity index (χ4v) is 5.96. The van der Waals surface area contributed by atoms with Gasteiger partial charge in [0.2, 0.25) is 0 Å². The fourth-order valence-electron chi connectivity index (χ4n) is 5.96. The van der Waals surface area contributed by atoms with Crippen LogP contribution in [0.3, 0.4) is 0 Å². The SMILES string of the molecule is Cc1cc(C(=O)N[C@@H](c2cc3ccccc3[nH]2)c2cc(F)ccc2O)cc(-c2ccc(N3CCC(N)CC3)c(C)c2)c1. The largest absolute Gasteiger partial charge is 0.508 e. The maximum Gasteiger partial charge on any atom is 0.252 e. The molecule has 1 saturated heterocycles. The van der Waals surface area contributed by atoms with Gasteiger partial charge in [-0.25, -0.2) is 4.39 Å². The number of nitrogens with one attached hydrogen (secondary N) is 2. The van der Waals surface area contributed by atoms with E-state index in [1.807, 2.05) is 49.4 Å². The zero-order chi connectivity index (χ0) is 29.4. The van der Waals surface area contributed by atoms with Crippen molar-refractivity contribution in [2.75, 3.05) is 18.0 Å². The van der Waals surface area contributed by atoms with Gasteiger partial charge in [0.25, 0.3) is 5.91 Å². The smallest absolute Gasteiger partial charge is 0.252 e. The Morgan fingerprint density at radius 2 is 1.76 bits per heavy atom. The molecule has 0 aliphatic carbocycles. The number of hydrogen-bond acceptors (Lipinski definition) is 4. The van der Waals surface area contributed by atoms with Crippen molar-refractivity contribution in [1.29, 1.82) is 0 Å². The summed E-state index contributed by atoms with van der Waals surface area (Å²) in [6, 6.07) is 25.1. The van der Waals surface area contributed by atoms with Crippen molar-refractivity contribution in [3.8, 4) is 16.9 Å². The van der Waals surface area contributed by atoms with Crippen molar-refractivity contribution >= 4 is 22.5 Å². The summed E-state index contributed by atoms with van der Waals surface area (Å²) in [5.41, 5.74) is 13.7. The monoisotopic (exact) mass is 562 g/mol. The topological polar surface area (TPSA) is 94.4 Å². The minimum atomic E-state index is -0.802. The fraction of sp³-hybridized carbons (Fsp3) is 0.229. The maximum absolute atomic E-state index is 14.3. The van der Waals surface area contributed by atoms with E-state index in [1.54, 1.807) is 0 Å². The molecule has 1 aromatic heterocycles. The summed E-state index contributed by atoms with van der Waals surface area (Å²) in [5, 5.41) is 14.7. The number of piperidine rings is 1. The number of para-hydroxylation sites is 1. The zero-order valence-corrected chi connectivity index (χ0v) is 23.8. The van der Waals surface area contributed by atoms with Gasteiger partial charge in [0.1, 0.15) is 11.6 Å². The van der Waals surface area contributed by atoms with Crippen molar-refractivity contribution < 1.29 is 14.3 Å². The van der Waals surface area contributed by atoms with Crippen LogP contribution in [0.25, 0.3) is 22.0 Å². The Morgan fingerprint density at radius 3 is 2.52 bits per heavy atom. The molecule has 0 radical (unpaired) electrons. The van der Waals surface area contributed by atoms with Gasteiger partial charge < -0.3 is 26.0 Å². The molecular weight excluding hydrogens is 527 g/mol. The van der Waals surface area contributed by atoms with Crippen molar-refractivity contribution in [3.05, 3.63) is 119 Å². The third-order valence-corrected chi connectivity index (χ3v) is 8.19. The number of nitrogens with two attached hydrogens (primary N) is 1. The van der Waals surface area contributed by atoms with Crippen LogP contribution in [-0.2, 0) is 0 Å². The predicted molar refractivity (Wildman–Crippen MR) is 166 cm³/mol. The molecule has 1 aliphatic heterocycles. The highest BCUT2D eigenvalue weighted by Crippen LogP contribution is 2.33. The average molecular weight is 563 g/mol. The van der Waals surface area contributed by atoms with Crippen molar-refractivity contribution in [3.63, 3.8) is 0 Å². The number of phenolic OH excluding ortho intramolecular Hbond substituents is 1. The predicted octanol–water partition coefficient (Wildman–Crippen LogP) is 6.74. The first kappa shape index (κ1) is 27.5. The third-order valence-electron chi connectivity index (χ3n) is 8.19. The molecule has 5 aromatic rings. The van der Waals surface area contributed by atoms with E-state index in [-0.39, 0.29) is 23.3 Å². The normalized spacial score (nSPS) is 14.7. The van der Waals surface area contributed by atoms with Gasteiger partial charge in [-0.05, 0) is 109 Å². The molecular formula is C35H35FN4O2. The lowest BCUT2D eigenvalue weighted by atomic mass is 9.96. The van der Waals surface area contributed by atoms with Crippen LogP contribution in [0.1, 0.15) is 51.6 Å². The molecule has 214 valence electrons. The van der Waals surface area contributed by atoms with E-state index in [0.717, 1.165) is 53.5 Å². The molecule has 4 aromatic carbocycles. The molecule has 2 heterocycles. The summed E-state index contributed by atoms with van der Waals surface area (Å²) >= 11 is 0. The van der Waals surface area contributed by atoms with Gasteiger partial charge in [0.15, 0.2) is 0 Å². The first-order chi connectivity index (χ1) is 20.2. The van der Waals surface area contributed by atoms with E-state index in [4.69, 9.17) is 5.73 Å². The van der Waals surface area contributed by atoms with Crippen molar-refractivity contribution in [2.24, 2.45) is 5.73 Å². The highest BCUT2D eigenvalue weighted by Gasteiger charge is 2.24. The molecule has 5 N–H and O–H groups in total. The molecule has 6 rings (SSSR count). The molecule has 1 fully saturated rings. The Labute approximate surface area is 245 Å². The number of aromatic hydroxyl groups is 1. The number of halogens is 1. The van der Waals surface area contributed by atoms with Crippen LogP contribution in [0.4, 0.5) is 10.1 Å². The van der Waals surface area contributed by atoms with Crippen LogP contribution in [0.5, 0.6) is 5.75 Å². The second-order valence-electron chi connectivity index (χ2n) is 11.3. The number of phenols is 1. The number of anilines is 1. The Bertz CT molecular complexity index is 1740. The summed E-state index contributed by atoms with van der Waals surface area (Å²) in [6.45, 7) is 5.99. The van der Waals surface area contributed by atoms with Crippen LogP contribution in [0, 0.1) is 19.7 Å². The van der Waals surface area contributed by atoms with Gasteiger partial charge in [-0.3, -0.25) is 4.79 Å². The number of amides is 1. The van der Waals surface area contributed by atoms with E-state index in [0.29, 0.717) is 11.3 Å². The first-order valence-corrected chi connectivity index (χ1v) is 14.4. The number of rotatable bonds is 6. The summed E-state index contributed by atoms with van der Waals surface area (Å²) in [5.74, 6) is -0.927. The van der Waals surface area contributed by atoms with E-state index in [1.165, 1.54) is 29.4 Å². The van der Waals surface area contributed by atoms with E-state index in [2.05, 4.69) is 46.4 Å². The lowest BCUT2D eigenvalue weighted by Crippen LogP contribution is -2.39.